The molecule has 2 aromatic carbocycles. The van der Waals surface area contributed by atoms with Crippen LogP contribution in [-0.4, -0.2) is 36.1 Å². The van der Waals surface area contributed by atoms with E-state index in [0.29, 0.717) is 23.3 Å². The number of ether oxygens (including phenoxy) is 1. The van der Waals surface area contributed by atoms with Gasteiger partial charge in [0.15, 0.2) is 5.82 Å². The Kier molecular flexibility index (Phi) is 5.30. The lowest BCUT2D eigenvalue weighted by molar-refractivity contribution is -0.120. The molecule has 0 saturated carbocycles. The molecule has 144 valence electrons. The van der Waals surface area contributed by atoms with Crippen LogP contribution in [0.4, 0.5) is 11.5 Å². The number of nitrogens with one attached hydrogen (secondary N) is 1. The maximum atomic E-state index is 12.8. The lowest BCUT2D eigenvalue weighted by Crippen LogP contribution is -2.41. The fraction of sp³-hybridized carbons (Fsp3) is 0.286. The molecule has 28 heavy (non-hydrogen) atoms. The van der Waals surface area contributed by atoms with Crippen LogP contribution in [0, 0.1) is 5.92 Å². The number of amides is 1. The highest BCUT2D eigenvalue weighted by Gasteiger charge is 2.28. The van der Waals surface area contributed by atoms with E-state index in [1.807, 2.05) is 24.3 Å². The summed E-state index contributed by atoms with van der Waals surface area (Å²) in [7, 11) is 1.59. The average Bonchev–Trinajstić information content (AvgIpc) is 2.74. The number of hydrogen-bond donors (Lipinski definition) is 1. The van der Waals surface area contributed by atoms with Gasteiger partial charge in [0.05, 0.1) is 24.1 Å². The maximum absolute atomic E-state index is 12.8. The average molecular weight is 397 g/mol. The van der Waals surface area contributed by atoms with Gasteiger partial charge >= 0.3 is 0 Å². The molecule has 4 rings (SSSR count). The molecule has 0 unspecified atom stereocenters. The van der Waals surface area contributed by atoms with Crippen LogP contribution in [0.15, 0.2) is 48.5 Å². The SMILES string of the molecule is COc1nc2ccccc2nc1N1CCC[C@@H](C(=O)Nc2ccc(Cl)cc2)C1. The zero-order valence-corrected chi connectivity index (χ0v) is 16.3. The Balaban J connectivity index is 1.54. The molecule has 0 radical (unpaired) electrons. The summed E-state index contributed by atoms with van der Waals surface area (Å²) in [5, 5.41) is 3.62. The monoisotopic (exact) mass is 396 g/mol. The molecule has 1 saturated heterocycles. The van der Waals surface area contributed by atoms with E-state index in [2.05, 4.69) is 15.2 Å². The topological polar surface area (TPSA) is 67.4 Å². The molecular formula is C21H21ClN4O2. The minimum absolute atomic E-state index is 0.000243. The Morgan fingerprint density at radius 3 is 2.57 bits per heavy atom. The first-order valence-electron chi connectivity index (χ1n) is 9.26. The van der Waals surface area contributed by atoms with Crippen LogP contribution >= 0.6 is 11.6 Å². The molecule has 1 N–H and O–H groups in total. The summed E-state index contributed by atoms with van der Waals surface area (Å²) in [6, 6.07) is 14.8. The zero-order valence-electron chi connectivity index (χ0n) is 15.6. The van der Waals surface area contributed by atoms with Crippen molar-refractivity contribution >= 4 is 40.0 Å². The van der Waals surface area contributed by atoms with Gasteiger partial charge < -0.3 is 15.0 Å². The summed E-state index contributed by atoms with van der Waals surface area (Å²) >= 11 is 5.91. The van der Waals surface area contributed by atoms with E-state index in [1.54, 1.807) is 31.4 Å². The van der Waals surface area contributed by atoms with Crippen molar-refractivity contribution in [3.63, 3.8) is 0 Å². The largest absolute Gasteiger partial charge is 0.478 e. The minimum atomic E-state index is -0.137. The van der Waals surface area contributed by atoms with Gasteiger partial charge in [-0.1, -0.05) is 23.7 Å². The number of piperidine rings is 1. The minimum Gasteiger partial charge on any atom is -0.478 e. The molecule has 1 amide bonds. The first kappa shape index (κ1) is 18.5. The van der Waals surface area contributed by atoms with Gasteiger partial charge in [0.25, 0.3) is 5.88 Å². The Morgan fingerprint density at radius 1 is 1.14 bits per heavy atom. The lowest BCUT2D eigenvalue weighted by Gasteiger charge is -2.33. The third-order valence-corrected chi connectivity index (χ3v) is 5.17. The highest BCUT2D eigenvalue weighted by molar-refractivity contribution is 6.30. The Hall–Kier alpha value is -2.86. The van der Waals surface area contributed by atoms with Crippen LogP contribution in [0.1, 0.15) is 12.8 Å². The van der Waals surface area contributed by atoms with Gasteiger partial charge in [-0.25, -0.2) is 9.97 Å². The molecule has 0 spiro atoms. The first-order chi connectivity index (χ1) is 13.6. The fourth-order valence-corrected chi connectivity index (χ4v) is 3.60. The second kappa shape index (κ2) is 8.02. The highest BCUT2D eigenvalue weighted by Crippen LogP contribution is 2.30. The summed E-state index contributed by atoms with van der Waals surface area (Å²) in [5.41, 5.74) is 2.35. The number of benzene rings is 2. The van der Waals surface area contributed by atoms with Crippen LogP contribution in [0.5, 0.6) is 5.88 Å². The molecule has 0 aliphatic carbocycles. The van der Waals surface area contributed by atoms with Gasteiger partial charge in [-0.3, -0.25) is 4.79 Å². The number of fused-ring (bicyclic) bond motifs is 1. The Morgan fingerprint density at radius 2 is 1.86 bits per heavy atom. The maximum Gasteiger partial charge on any atom is 0.257 e. The van der Waals surface area contributed by atoms with Crippen molar-refractivity contribution in [3.05, 3.63) is 53.6 Å². The van der Waals surface area contributed by atoms with E-state index in [-0.39, 0.29) is 11.8 Å². The molecule has 7 heteroatoms. The number of aromatic nitrogens is 2. The number of para-hydroxylation sites is 2. The van der Waals surface area contributed by atoms with E-state index < -0.39 is 0 Å². The third-order valence-electron chi connectivity index (χ3n) is 4.92. The van der Waals surface area contributed by atoms with E-state index in [4.69, 9.17) is 21.3 Å². The number of methoxy groups -OCH3 is 1. The van der Waals surface area contributed by atoms with Crippen molar-refractivity contribution in [1.82, 2.24) is 9.97 Å². The molecule has 0 bridgehead atoms. The van der Waals surface area contributed by atoms with Gasteiger partial charge in [0, 0.05) is 23.8 Å². The molecule has 6 nitrogen and oxygen atoms in total. The van der Waals surface area contributed by atoms with Crippen molar-refractivity contribution in [2.24, 2.45) is 5.92 Å². The van der Waals surface area contributed by atoms with Gasteiger partial charge in [0.1, 0.15) is 0 Å². The van der Waals surface area contributed by atoms with E-state index in [0.717, 1.165) is 36.1 Å². The Bertz CT molecular complexity index is 993. The Labute approximate surface area is 168 Å². The smallest absolute Gasteiger partial charge is 0.257 e. The summed E-state index contributed by atoms with van der Waals surface area (Å²) in [6.45, 7) is 1.39. The van der Waals surface area contributed by atoms with Crippen molar-refractivity contribution < 1.29 is 9.53 Å². The van der Waals surface area contributed by atoms with E-state index >= 15 is 0 Å². The number of rotatable bonds is 4. The van der Waals surface area contributed by atoms with Gasteiger partial charge in [-0.2, -0.15) is 0 Å². The predicted molar refractivity (Wildman–Crippen MR) is 111 cm³/mol. The number of carbonyl (C=O) groups excluding carboxylic acids is 1. The molecular weight excluding hydrogens is 376 g/mol. The lowest BCUT2D eigenvalue weighted by atomic mass is 9.97. The molecule has 1 aliphatic heterocycles. The van der Waals surface area contributed by atoms with Gasteiger partial charge in [-0.15, -0.1) is 0 Å². The number of hydrogen-bond acceptors (Lipinski definition) is 5. The van der Waals surface area contributed by atoms with Crippen LogP contribution < -0.4 is 15.0 Å². The van der Waals surface area contributed by atoms with Crippen molar-refractivity contribution in [2.75, 3.05) is 30.4 Å². The number of anilines is 2. The molecule has 1 aliphatic rings. The second-order valence-corrected chi connectivity index (χ2v) is 7.26. The quantitative estimate of drug-likeness (QED) is 0.717. The molecule has 1 aromatic heterocycles. The zero-order chi connectivity index (χ0) is 19.5. The number of halogens is 1. The van der Waals surface area contributed by atoms with Crippen LogP contribution in [0.2, 0.25) is 5.02 Å². The van der Waals surface area contributed by atoms with Crippen LogP contribution in [0.3, 0.4) is 0 Å². The van der Waals surface area contributed by atoms with Gasteiger partial charge in [0.2, 0.25) is 5.91 Å². The number of carbonyl (C=O) groups is 1. The molecule has 3 aromatic rings. The van der Waals surface area contributed by atoms with E-state index in [1.165, 1.54) is 0 Å². The molecule has 1 atom stereocenters. The summed E-state index contributed by atoms with van der Waals surface area (Å²) in [6.07, 6.45) is 1.73. The first-order valence-corrected chi connectivity index (χ1v) is 9.64. The summed E-state index contributed by atoms with van der Waals surface area (Å²) < 4.78 is 5.48. The molecule has 1 fully saturated rings. The highest BCUT2D eigenvalue weighted by atomic mass is 35.5. The standard InChI is InChI=1S/C21H21ClN4O2/c1-28-21-19(24-17-6-2-3-7-18(17)25-21)26-12-4-5-14(13-26)20(27)23-16-10-8-15(22)9-11-16/h2-3,6-11,14H,4-5,12-13H2,1H3,(H,23,27)/t14-/m1/s1. The van der Waals surface area contributed by atoms with Crippen molar-refractivity contribution in [1.29, 1.82) is 0 Å². The summed E-state index contributed by atoms with van der Waals surface area (Å²) in [4.78, 5) is 24.2. The van der Waals surface area contributed by atoms with Crippen molar-refractivity contribution in [2.45, 2.75) is 12.8 Å². The van der Waals surface area contributed by atoms with Crippen molar-refractivity contribution in [3.8, 4) is 5.88 Å². The predicted octanol–water partition coefficient (Wildman–Crippen LogP) is 4.15. The normalized spacial score (nSPS) is 16.8. The van der Waals surface area contributed by atoms with Crippen LogP contribution in [0.25, 0.3) is 11.0 Å². The fourth-order valence-electron chi connectivity index (χ4n) is 3.48. The van der Waals surface area contributed by atoms with Gasteiger partial charge in [-0.05, 0) is 49.2 Å². The van der Waals surface area contributed by atoms with Crippen LogP contribution in [-0.2, 0) is 4.79 Å². The molecule has 2 heterocycles. The summed E-state index contributed by atoms with van der Waals surface area (Å²) in [5.74, 6) is 1.03. The second-order valence-electron chi connectivity index (χ2n) is 6.83. The third kappa shape index (κ3) is 3.87. The number of nitrogens with zero attached hydrogens (tertiary/aromatic N) is 3. The van der Waals surface area contributed by atoms with E-state index in [9.17, 15) is 4.79 Å².